The average molecular weight is 277 g/mol. The van der Waals surface area contributed by atoms with Crippen LogP contribution in [-0.2, 0) is 0 Å². The number of alkyl halides is 3. The standard InChI is InChI=1S/C13H18F3NO2/c1-12(2,3)17-8-11(18)9-5-4-6-10(7-9)19-13(14,15)16/h4-7,11,17-18H,8H2,1-3H3. The van der Waals surface area contributed by atoms with Crippen molar-refractivity contribution in [3.05, 3.63) is 29.8 Å². The Bertz CT molecular complexity index is 413. The van der Waals surface area contributed by atoms with E-state index in [1.165, 1.54) is 18.2 Å². The molecule has 0 saturated heterocycles. The van der Waals surface area contributed by atoms with Crippen molar-refractivity contribution in [3.63, 3.8) is 0 Å². The van der Waals surface area contributed by atoms with Gasteiger partial charge < -0.3 is 15.2 Å². The molecule has 0 aliphatic rings. The van der Waals surface area contributed by atoms with Crippen molar-refractivity contribution in [2.24, 2.45) is 0 Å². The Labute approximate surface area is 110 Å². The van der Waals surface area contributed by atoms with Crippen molar-refractivity contribution in [1.29, 1.82) is 0 Å². The second-order valence-corrected chi connectivity index (χ2v) is 5.27. The maximum atomic E-state index is 12.1. The summed E-state index contributed by atoms with van der Waals surface area (Å²) in [6, 6.07) is 5.35. The van der Waals surface area contributed by atoms with Crippen LogP contribution in [-0.4, -0.2) is 23.6 Å². The molecule has 1 unspecified atom stereocenters. The third-order valence-corrected chi connectivity index (χ3v) is 2.30. The monoisotopic (exact) mass is 277 g/mol. The van der Waals surface area contributed by atoms with Gasteiger partial charge in [0.15, 0.2) is 0 Å². The zero-order valence-electron chi connectivity index (χ0n) is 11.1. The quantitative estimate of drug-likeness (QED) is 0.889. The van der Waals surface area contributed by atoms with E-state index < -0.39 is 12.5 Å². The number of benzene rings is 1. The van der Waals surface area contributed by atoms with E-state index >= 15 is 0 Å². The van der Waals surface area contributed by atoms with Crippen LogP contribution < -0.4 is 10.1 Å². The van der Waals surface area contributed by atoms with Crippen molar-refractivity contribution in [3.8, 4) is 5.75 Å². The van der Waals surface area contributed by atoms with Gasteiger partial charge in [-0.05, 0) is 38.5 Å². The number of hydrogen-bond donors (Lipinski definition) is 2. The lowest BCUT2D eigenvalue weighted by molar-refractivity contribution is -0.274. The minimum Gasteiger partial charge on any atom is -0.406 e. The number of ether oxygens (including phenoxy) is 1. The van der Waals surface area contributed by atoms with Crippen LogP contribution in [0.1, 0.15) is 32.4 Å². The predicted octanol–water partition coefficient (Wildman–Crippen LogP) is 3.01. The van der Waals surface area contributed by atoms with E-state index in [-0.39, 0.29) is 17.8 Å². The zero-order chi connectivity index (χ0) is 14.7. The molecule has 1 atom stereocenters. The number of β-amino-alcohol motifs (C(OH)–C–C–N with tert-alkyl or cyclic N) is 1. The van der Waals surface area contributed by atoms with Gasteiger partial charge in [-0.25, -0.2) is 0 Å². The molecule has 0 fully saturated rings. The molecule has 108 valence electrons. The van der Waals surface area contributed by atoms with Crippen LogP contribution in [0, 0.1) is 0 Å². The highest BCUT2D eigenvalue weighted by Gasteiger charge is 2.31. The summed E-state index contributed by atoms with van der Waals surface area (Å²) >= 11 is 0. The Hall–Kier alpha value is -1.27. The van der Waals surface area contributed by atoms with E-state index in [0.29, 0.717) is 5.56 Å². The molecule has 0 heterocycles. The van der Waals surface area contributed by atoms with Gasteiger partial charge in [-0.15, -0.1) is 13.2 Å². The SMILES string of the molecule is CC(C)(C)NCC(O)c1cccc(OC(F)(F)F)c1. The van der Waals surface area contributed by atoms with Gasteiger partial charge in [0, 0.05) is 12.1 Å². The largest absolute Gasteiger partial charge is 0.573 e. The fraction of sp³-hybridized carbons (Fsp3) is 0.538. The van der Waals surface area contributed by atoms with Crippen LogP contribution >= 0.6 is 0 Å². The number of aliphatic hydroxyl groups is 1. The molecule has 0 spiro atoms. The lowest BCUT2D eigenvalue weighted by Gasteiger charge is -2.23. The highest BCUT2D eigenvalue weighted by Crippen LogP contribution is 2.25. The van der Waals surface area contributed by atoms with Gasteiger partial charge in [-0.2, -0.15) is 0 Å². The number of halogens is 3. The summed E-state index contributed by atoms with van der Waals surface area (Å²) in [5, 5.41) is 13.0. The van der Waals surface area contributed by atoms with Crippen LogP contribution in [0.5, 0.6) is 5.75 Å². The van der Waals surface area contributed by atoms with Crippen LogP contribution in [0.2, 0.25) is 0 Å². The Kier molecular flexibility index (Phi) is 4.81. The Morgan fingerprint density at radius 1 is 1.26 bits per heavy atom. The van der Waals surface area contributed by atoms with E-state index in [0.717, 1.165) is 0 Å². The lowest BCUT2D eigenvalue weighted by Crippen LogP contribution is -2.38. The minimum absolute atomic E-state index is 0.180. The number of rotatable bonds is 4. The van der Waals surface area contributed by atoms with E-state index in [2.05, 4.69) is 10.1 Å². The third kappa shape index (κ3) is 6.45. The molecule has 19 heavy (non-hydrogen) atoms. The van der Waals surface area contributed by atoms with Gasteiger partial charge in [0.1, 0.15) is 5.75 Å². The van der Waals surface area contributed by atoms with Gasteiger partial charge in [-0.3, -0.25) is 0 Å². The first kappa shape index (κ1) is 15.8. The molecule has 0 radical (unpaired) electrons. The van der Waals surface area contributed by atoms with Crippen molar-refractivity contribution < 1.29 is 23.0 Å². The molecule has 0 aliphatic heterocycles. The van der Waals surface area contributed by atoms with E-state index in [9.17, 15) is 18.3 Å². The third-order valence-electron chi connectivity index (χ3n) is 2.30. The Morgan fingerprint density at radius 2 is 1.89 bits per heavy atom. The molecule has 0 bridgehead atoms. The summed E-state index contributed by atoms with van der Waals surface area (Å²) < 4.78 is 40.1. The number of aliphatic hydroxyl groups excluding tert-OH is 1. The van der Waals surface area contributed by atoms with E-state index in [4.69, 9.17) is 0 Å². The highest BCUT2D eigenvalue weighted by molar-refractivity contribution is 5.30. The molecular formula is C13H18F3NO2. The summed E-state index contributed by atoms with van der Waals surface area (Å²) in [6.07, 6.45) is -5.62. The molecule has 0 saturated carbocycles. The predicted molar refractivity (Wildman–Crippen MR) is 65.8 cm³/mol. The Morgan fingerprint density at radius 3 is 2.42 bits per heavy atom. The van der Waals surface area contributed by atoms with E-state index in [1.807, 2.05) is 20.8 Å². The van der Waals surface area contributed by atoms with Crippen LogP contribution in [0.4, 0.5) is 13.2 Å². The lowest BCUT2D eigenvalue weighted by atomic mass is 10.1. The summed E-state index contributed by atoms with van der Waals surface area (Å²) in [6.45, 7) is 6.05. The summed E-state index contributed by atoms with van der Waals surface area (Å²) in [7, 11) is 0. The normalized spacial score (nSPS) is 14.3. The zero-order valence-corrected chi connectivity index (χ0v) is 11.1. The first-order valence-corrected chi connectivity index (χ1v) is 5.86. The molecular weight excluding hydrogens is 259 g/mol. The second-order valence-electron chi connectivity index (χ2n) is 5.27. The van der Waals surface area contributed by atoms with Crippen LogP contribution in [0.3, 0.4) is 0 Å². The van der Waals surface area contributed by atoms with Crippen molar-refractivity contribution >= 4 is 0 Å². The molecule has 1 aromatic rings. The summed E-state index contributed by atoms with van der Waals surface area (Å²) in [4.78, 5) is 0. The van der Waals surface area contributed by atoms with Crippen molar-refractivity contribution in [2.45, 2.75) is 38.8 Å². The minimum atomic E-state index is -4.73. The van der Waals surface area contributed by atoms with Gasteiger partial charge in [0.25, 0.3) is 0 Å². The second kappa shape index (κ2) is 5.79. The summed E-state index contributed by atoms with van der Waals surface area (Å²) in [5.74, 6) is -0.334. The van der Waals surface area contributed by atoms with Crippen LogP contribution in [0.25, 0.3) is 0 Å². The molecule has 2 N–H and O–H groups in total. The maximum absolute atomic E-state index is 12.1. The molecule has 1 aromatic carbocycles. The molecule has 0 aliphatic carbocycles. The first-order valence-electron chi connectivity index (χ1n) is 5.86. The fourth-order valence-corrected chi connectivity index (χ4v) is 1.44. The smallest absolute Gasteiger partial charge is 0.406 e. The van der Waals surface area contributed by atoms with Gasteiger partial charge in [0.05, 0.1) is 6.10 Å². The first-order chi connectivity index (χ1) is 8.57. The average Bonchev–Trinajstić information content (AvgIpc) is 2.23. The topological polar surface area (TPSA) is 41.5 Å². The highest BCUT2D eigenvalue weighted by atomic mass is 19.4. The number of nitrogens with one attached hydrogen (secondary N) is 1. The molecule has 0 amide bonds. The molecule has 0 aromatic heterocycles. The maximum Gasteiger partial charge on any atom is 0.573 e. The summed E-state index contributed by atoms with van der Waals surface area (Å²) in [5.41, 5.74) is 0.194. The van der Waals surface area contributed by atoms with Gasteiger partial charge in [0.2, 0.25) is 0 Å². The number of hydrogen-bond acceptors (Lipinski definition) is 3. The Balaban J connectivity index is 2.70. The molecule has 3 nitrogen and oxygen atoms in total. The van der Waals surface area contributed by atoms with Gasteiger partial charge >= 0.3 is 6.36 Å². The molecule has 1 rings (SSSR count). The van der Waals surface area contributed by atoms with Crippen LogP contribution in [0.15, 0.2) is 24.3 Å². The van der Waals surface area contributed by atoms with Crippen molar-refractivity contribution in [1.82, 2.24) is 5.32 Å². The fourth-order valence-electron chi connectivity index (χ4n) is 1.44. The van der Waals surface area contributed by atoms with Gasteiger partial charge in [-0.1, -0.05) is 12.1 Å². The molecule has 6 heteroatoms. The van der Waals surface area contributed by atoms with Crippen molar-refractivity contribution in [2.75, 3.05) is 6.54 Å². The van der Waals surface area contributed by atoms with E-state index in [1.54, 1.807) is 6.07 Å².